The van der Waals surface area contributed by atoms with Gasteiger partial charge in [0.1, 0.15) is 5.01 Å². The van der Waals surface area contributed by atoms with Crippen LogP contribution in [0.2, 0.25) is 0 Å². The minimum absolute atomic E-state index is 0.106. The van der Waals surface area contributed by atoms with E-state index in [-0.39, 0.29) is 6.54 Å². The molecule has 2 heterocycles. The van der Waals surface area contributed by atoms with Gasteiger partial charge in [-0.05, 0) is 19.4 Å². The number of hydrogen-bond acceptors (Lipinski definition) is 4. The SMILES string of the molecule is CCNC(=NCc1nc(C(F)(F)F)cs1)NCCCn1cccn1. The summed E-state index contributed by atoms with van der Waals surface area (Å²) in [5.41, 5.74) is -0.866. The Morgan fingerprint density at radius 1 is 1.38 bits per heavy atom. The summed E-state index contributed by atoms with van der Waals surface area (Å²) in [6.07, 6.45) is 0.0530. The zero-order valence-corrected chi connectivity index (χ0v) is 14.0. The first kappa shape index (κ1) is 18.2. The highest BCUT2D eigenvalue weighted by atomic mass is 32.1. The summed E-state index contributed by atoms with van der Waals surface area (Å²) in [6, 6.07) is 1.86. The Balaban J connectivity index is 1.82. The summed E-state index contributed by atoms with van der Waals surface area (Å²) in [4.78, 5) is 7.83. The highest BCUT2D eigenvalue weighted by Gasteiger charge is 2.33. The van der Waals surface area contributed by atoms with Gasteiger partial charge in [0.2, 0.25) is 0 Å². The van der Waals surface area contributed by atoms with Crippen LogP contribution in [0.25, 0.3) is 0 Å². The molecule has 6 nitrogen and oxygen atoms in total. The molecule has 0 radical (unpaired) electrons. The predicted molar refractivity (Wildman–Crippen MR) is 86.8 cm³/mol. The van der Waals surface area contributed by atoms with Crippen molar-refractivity contribution in [3.63, 3.8) is 0 Å². The molecule has 0 aliphatic carbocycles. The predicted octanol–water partition coefficient (Wildman–Crippen LogP) is 2.50. The van der Waals surface area contributed by atoms with Crippen molar-refractivity contribution in [2.45, 2.75) is 32.6 Å². The summed E-state index contributed by atoms with van der Waals surface area (Å²) in [5, 5.41) is 11.6. The Kier molecular flexibility index (Phi) is 6.59. The van der Waals surface area contributed by atoms with E-state index in [9.17, 15) is 13.2 Å². The standard InChI is InChI=1S/C14H19F3N6S/c1-2-18-13(19-5-3-7-23-8-4-6-21-23)20-9-12-22-11(10-24-12)14(15,16)17/h4,6,8,10H,2-3,5,7,9H2,1H3,(H2,18,19,20). The van der Waals surface area contributed by atoms with E-state index in [0.717, 1.165) is 29.7 Å². The van der Waals surface area contributed by atoms with Crippen LogP contribution in [0.3, 0.4) is 0 Å². The van der Waals surface area contributed by atoms with Crippen LogP contribution in [-0.2, 0) is 19.3 Å². The Labute approximate surface area is 141 Å². The maximum Gasteiger partial charge on any atom is 0.434 e. The first-order valence-corrected chi connectivity index (χ1v) is 8.38. The molecule has 0 saturated carbocycles. The molecule has 0 aliphatic rings. The van der Waals surface area contributed by atoms with Crippen molar-refractivity contribution in [3.8, 4) is 0 Å². The molecular weight excluding hydrogens is 341 g/mol. The normalized spacial score (nSPS) is 12.4. The van der Waals surface area contributed by atoms with Gasteiger partial charge in [-0.15, -0.1) is 11.3 Å². The zero-order valence-electron chi connectivity index (χ0n) is 13.2. The summed E-state index contributed by atoms with van der Waals surface area (Å²) in [7, 11) is 0. The van der Waals surface area contributed by atoms with Crippen LogP contribution in [0, 0.1) is 0 Å². The minimum atomic E-state index is -4.41. The molecule has 0 aromatic carbocycles. The van der Waals surface area contributed by atoms with E-state index >= 15 is 0 Å². The number of hydrogen-bond donors (Lipinski definition) is 2. The third-order valence-corrected chi connectivity index (χ3v) is 3.81. The van der Waals surface area contributed by atoms with Gasteiger partial charge in [0.25, 0.3) is 0 Å². The molecule has 2 aromatic heterocycles. The average Bonchev–Trinajstić information content (AvgIpc) is 3.19. The lowest BCUT2D eigenvalue weighted by atomic mass is 10.4. The van der Waals surface area contributed by atoms with Gasteiger partial charge in [-0.1, -0.05) is 0 Å². The van der Waals surface area contributed by atoms with Gasteiger partial charge in [-0.2, -0.15) is 18.3 Å². The molecule has 2 rings (SSSR count). The molecule has 0 amide bonds. The quantitative estimate of drug-likeness (QED) is 0.452. The molecule has 2 aromatic rings. The molecule has 0 atom stereocenters. The molecule has 0 fully saturated rings. The van der Waals surface area contributed by atoms with E-state index in [4.69, 9.17) is 0 Å². The van der Waals surface area contributed by atoms with E-state index < -0.39 is 11.9 Å². The van der Waals surface area contributed by atoms with Gasteiger partial charge in [0, 0.05) is 37.4 Å². The van der Waals surface area contributed by atoms with Crippen molar-refractivity contribution in [2.75, 3.05) is 13.1 Å². The second kappa shape index (κ2) is 8.67. The summed E-state index contributed by atoms with van der Waals surface area (Å²) < 4.78 is 39.4. The number of aliphatic imine (C=N–C) groups is 1. The van der Waals surface area contributed by atoms with E-state index in [1.165, 1.54) is 0 Å². The number of aromatic nitrogens is 3. The van der Waals surface area contributed by atoms with Gasteiger partial charge < -0.3 is 10.6 Å². The second-order valence-corrected chi connectivity index (χ2v) is 5.81. The Hall–Kier alpha value is -2.10. The lowest BCUT2D eigenvalue weighted by molar-refractivity contribution is -0.140. The van der Waals surface area contributed by atoms with Crippen LogP contribution in [0.5, 0.6) is 0 Å². The summed E-state index contributed by atoms with van der Waals surface area (Å²) in [6.45, 7) is 4.15. The van der Waals surface area contributed by atoms with Gasteiger partial charge >= 0.3 is 6.18 Å². The number of guanidine groups is 1. The Bertz CT molecular complexity index is 635. The number of nitrogens with zero attached hydrogens (tertiary/aromatic N) is 4. The largest absolute Gasteiger partial charge is 0.434 e. The number of aryl methyl sites for hydroxylation is 1. The third-order valence-electron chi connectivity index (χ3n) is 2.97. The minimum Gasteiger partial charge on any atom is -0.357 e. The highest BCUT2D eigenvalue weighted by Crippen LogP contribution is 2.30. The van der Waals surface area contributed by atoms with Crippen molar-refractivity contribution in [2.24, 2.45) is 4.99 Å². The summed E-state index contributed by atoms with van der Waals surface area (Å²) in [5.74, 6) is 0.557. The number of halogens is 3. The van der Waals surface area contributed by atoms with Crippen LogP contribution < -0.4 is 10.6 Å². The van der Waals surface area contributed by atoms with Gasteiger partial charge in [0.05, 0.1) is 6.54 Å². The second-order valence-electron chi connectivity index (χ2n) is 4.87. The Morgan fingerprint density at radius 2 is 2.21 bits per heavy atom. The van der Waals surface area contributed by atoms with Crippen molar-refractivity contribution < 1.29 is 13.2 Å². The fourth-order valence-corrected chi connectivity index (χ4v) is 2.61. The third kappa shape index (κ3) is 5.84. The van der Waals surface area contributed by atoms with Gasteiger partial charge in [-0.25, -0.2) is 9.98 Å². The first-order valence-electron chi connectivity index (χ1n) is 7.50. The van der Waals surface area contributed by atoms with Crippen molar-refractivity contribution in [3.05, 3.63) is 34.5 Å². The van der Waals surface area contributed by atoms with Crippen LogP contribution in [0.15, 0.2) is 28.8 Å². The molecular formula is C14H19F3N6S. The molecule has 0 aliphatic heterocycles. The molecule has 2 N–H and O–H groups in total. The van der Waals surface area contributed by atoms with Gasteiger partial charge in [0.15, 0.2) is 11.7 Å². The lowest BCUT2D eigenvalue weighted by Crippen LogP contribution is -2.38. The maximum atomic E-state index is 12.5. The zero-order chi connectivity index (χ0) is 17.4. The average molecular weight is 360 g/mol. The van der Waals surface area contributed by atoms with E-state index in [1.807, 2.05) is 23.9 Å². The van der Waals surface area contributed by atoms with Crippen LogP contribution in [0.1, 0.15) is 24.0 Å². The van der Waals surface area contributed by atoms with Crippen molar-refractivity contribution >= 4 is 17.3 Å². The molecule has 10 heteroatoms. The highest BCUT2D eigenvalue weighted by molar-refractivity contribution is 7.09. The fourth-order valence-electron chi connectivity index (χ4n) is 1.88. The smallest absolute Gasteiger partial charge is 0.357 e. The first-order chi connectivity index (χ1) is 11.5. The molecule has 24 heavy (non-hydrogen) atoms. The molecule has 0 bridgehead atoms. The number of nitrogens with one attached hydrogen (secondary N) is 2. The summed E-state index contributed by atoms with van der Waals surface area (Å²) >= 11 is 0.958. The van der Waals surface area contributed by atoms with Crippen LogP contribution >= 0.6 is 11.3 Å². The molecule has 0 saturated heterocycles. The van der Waals surface area contributed by atoms with E-state index in [1.54, 1.807) is 6.20 Å². The fraction of sp³-hybridized carbons (Fsp3) is 0.500. The Morgan fingerprint density at radius 3 is 2.83 bits per heavy atom. The van der Waals surface area contributed by atoms with E-state index in [0.29, 0.717) is 24.1 Å². The van der Waals surface area contributed by atoms with Crippen LogP contribution in [-0.4, -0.2) is 33.8 Å². The monoisotopic (exact) mass is 360 g/mol. The number of rotatable bonds is 7. The van der Waals surface area contributed by atoms with Crippen molar-refractivity contribution in [1.29, 1.82) is 0 Å². The van der Waals surface area contributed by atoms with Crippen molar-refractivity contribution in [1.82, 2.24) is 25.4 Å². The van der Waals surface area contributed by atoms with Crippen LogP contribution in [0.4, 0.5) is 13.2 Å². The topological polar surface area (TPSA) is 67.1 Å². The molecule has 132 valence electrons. The van der Waals surface area contributed by atoms with Gasteiger partial charge in [-0.3, -0.25) is 4.68 Å². The molecule has 0 spiro atoms. The lowest BCUT2D eigenvalue weighted by Gasteiger charge is -2.10. The number of thiazole rings is 1. The van der Waals surface area contributed by atoms with E-state index in [2.05, 4.69) is 25.7 Å². The number of alkyl halides is 3. The maximum absolute atomic E-state index is 12.5. The molecule has 0 unspecified atom stereocenters.